The highest BCUT2D eigenvalue weighted by Crippen LogP contribution is 2.29. The van der Waals surface area contributed by atoms with Gasteiger partial charge in [0.05, 0.1) is 13.2 Å². The highest BCUT2D eigenvalue weighted by Gasteiger charge is 2.08. The Labute approximate surface area is 137 Å². The minimum absolute atomic E-state index is 0.159. The van der Waals surface area contributed by atoms with E-state index in [2.05, 4.69) is 12.2 Å². The van der Waals surface area contributed by atoms with E-state index in [9.17, 15) is 4.39 Å². The molecule has 0 saturated heterocycles. The minimum atomic E-state index is -0.213. The van der Waals surface area contributed by atoms with Gasteiger partial charge in [0.1, 0.15) is 5.82 Å². The maximum Gasteiger partial charge on any atom is 0.161 e. The fourth-order valence-corrected chi connectivity index (χ4v) is 2.17. The molecule has 2 aromatic rings. The second-order valence-electron chi connectivity index (χ2n) is 5.55. The first-order chi connectivity index (χ1) is 11.1. The number of nitrogens with one attached hydrogen (secondary N) is 1. The van der Waals surface area contributed by atoms with Crippen LogP contribution in [0.2, 0.25) is 0 Å². The second-order valence-corrected chi connectivity index (χ2v) is 5.55. The van der Waals surface area contributed by atoms with E-state index in [4.69, 9.17) is 9.47 Å². The van der Waals surface area contributed by atoms with Crippen LogP contribution in [0.1, 0.15) is 31.4 Å². The van der Waals surface area contributed by atoms with Crippen molar-refractivity contribution in [1.82, 2.24) is 5.32 Å². The molecule has 0 amide bonds. The average Bonchev–Trinajstić information content (AvgIpc) is 2.57. The molecule has 0 spiro atoms. The van der Waals surface area contributed by atoms with Crippen molar-refractivity contribution in [3.63, 3.8) is 0 Å². The summed E-state index contributed by atoms with van der Waals surface area (Å²) in [6, 6.07) is 12.5. The first kappa shape index (κ1) is 17.3. The lowest BCUT2D eigenvalue weighted by Crippen LogP contribution is -2.13. The Morgan fingerprint density at radius 2 is 1.65 bits per heavy atom. The van der Waals surface area contributed by atoms with Gasteiger partial charge in [-0.2, -0.15) is 0 Å². The van der Waals surface area contributed by atoms with Gasteiger partial charge >= 0.3 is 0 Å². The third-order valence-electron chi connectivity index (χ3n) is 3.70. The van der Waals surface area contributed by atoms with Crippen LogP contribution in [0.3, 0.4) is 0 Å². The molecule has 0 fully saturated rings. The third-order valence-corrected chi connectivity index (χ3v) is 3.70. The molecule has 0 aliphatic carbocycles. The number of halogens is 1. The lowest BCUT2D eigenvalue weighted by molar-refractivity contribution is 0.207. The normalized spacial score (nSPS) is 12.0. The van der Waals surface area contributed by atoms with Crippen molar-refractivity contribution in [2.24, 2.45) is 0 Å². The minimum Gasteiger partial charge on any atom is -0.493 e. The zero-order valence-corrected chi connectivity index (χ0v) is 13.9. The standard InChI is InChI=1S/C19H24FNO2/c1-4-14(2)23-18-10-7-16(11-19(18)22-3)13-21-12-15-5-8-17(20)9-6-15/h5-11,14,21H,4,12-13H2,1-3H3. The van der Waals surface area contributed by atoms with Crippen LogP contribution in [0.4, 0.5) is 4.39 Å². The van der Waals surface area contributed by atoms with Gasteiger partial charge < -0.3 is 14.8 Å². The number of ether oxygens (including phenoxy) is 2. The van der Waals surface area contributed by atoms with Crippen LogP contribution >= 0.6 is 0 Å². The molecule has 0 radical (unpaired) electrons. The molecule has 23 heavy (non-hydrogen) atoms. The van der Waals surface area contributed by atoms with Gasteiger partial charge in [-0.3, -0.25) is 0 Å². The summed E-state index contributed by atoms with van der Waals surface area (Å²) in [7, 11) is 1.65. The first-order valence-electron chi connectivity index (χ1n) is 7.91. The lowest BCUT2D eigenvalue weighted by Gasteiger charge is -2.16. The fourth-order valence-electron chi connectivity index (χ4n) is 2.17. The van der Waals surface area contributed by atoms with E-state index in [1.54, 1.807) is 19.2 Å². The Hall–Kier alpha value is -2.07. The van der Waals surface area contributed by atoms with Crippen LogP contribution in [0, 0.1) is 5.82 Å². The van der Waals surface area contributed by atoms with Crippen molar-refractivity contribution in [3.8, 4) is 11.5 Å². The SMILES string of the molecule is CCC(C)Oc1ccc(CNCc2ccc(F)cc2)cc1OC. The van der Waals surface area contributed by atoms with Crippen molar-refractivity contribution in [2.75, 3.05) is 7.11 Å². The zero-order valence-electron chi connectivity index (χ0n) is 13.9. The molecule has 0 aliphatic heterocycles. The van der Waals surface area contributed by atoms with Crippen molar-refractivity contribution in [2.45, 2.75) is 39.5 Å². The van der Waals surface area contributed by atoms with Crippen molar-refractivity contribution in [3.05, 3.63) is 59.4 Å². The molecule has 3 nitrogen and oxygen atoms in total. The Morgan fingerprint density at radius 3 is 2.30 bits per heavy atom. The third kappa shape index (κ3) is 5.25. The van der Waals surface area contributed by atoms with Crippen LogP contribution in [-0.4, -0.2) is 13.2 Å². The Morgan fingerprint density at radius 1 is 1.00 bits per heavy atom. The Balaban J connectivity index is 1.93. The zero-order chi connectivity index (χ0) is 16.7. The molecule has 0 aromatic heterocycles. The topological polar surface area (TPSA) is 30.5 Å². The van der Waals surface area contributed by atoms with E-state index in [1.165, 1.54) is 12.1 Å². The molecule has 1 unspecified atom stereocenters. The van der Waals surface area contributed by atoms with E-state index >= 15 is 0 Å². The molecule has 2 aromatic carbocycles. The summed E-state index contributed by atoms with van der Waals surface area (Å²) < 4.78 is 24.1. The maximum atomic E-state index is 12.9. The molecule has 1 N–H and O–H groups in total. The van der Waals surface area contributed by atoms with Crippen LogP contribution in [0.15, 0.2) is 42.5 Å². The molecular weight excluding hydrogens is 293 g/mol. The van der Waals surface area contributed by atoms with Gasteiger partial charge in [-0.25, -0.2) is 4.39 Å². The Bertz CT molecular complexity index is 613. The van der Waals surface area contributed by atoms with Gasteiger partial charge in [0.15, 0.2) is 11.5 Å². The summed E-state index contributed by atoms with van der Waals surface area (Å²) in [5, 5.41) is 3.34. The van der Waals surface area contributed by atoms with Crippen LogP contribution in [0.25, 0.3) is 0 Å². The van der Waals surface area contributed by atoms with Gasteiger partial charge in [-0.15, -0.1) is 0 Å². The summed E-state index contributed by atoms with van der Waals surface area (Å²) >= 11 is 0. The molecule has 0 saturated carbocycles. The summed E-state index contributed by atoms with van der Waals surface area (Å²) in [4.78, 5) is 0. The number of hydrogen-bond donors (Lipinski definition) is 1. The predicted molar refractivity (Wildman–Crippen MR) is 90.3 cm³/mol. The van der Waals surface area contributed by atoms with E-state index in [1.807, 2.05) is 25.1 Å². The summed E-state index contributed by atoms with van der Waals surface area (Å²) in [5.41, 5.74) is 2.16. The van der Waals surface area contributed by atoms with Crippen LogP contribution < -0.4 is 14.8 Å². The van der Waals surface area contributed by atoms with Crippen molar-refractivity contribution in [1.29, 1.82) is 0 Å². The number of benzene rings is 2. The van der Waals surface area contributed by atoms with Crippen LogP contribution in [-0.2, 0) is 13.1 Å². The molecule has 0 bridgehead atoms. The van der Waals surface area contributed by atoms with Gasteiger partial charge in [0, 0.05) is 13.1 Å². The lowest BCUT2D eigenvalue weighted by atomic mass is 10.1. The van der Waals surface area contributed by atoms with Gasteiger partial charge in [0.2, 0.25) is 0 Å². The van der Waals surface area contributed by atoms with Crippen LogP contribution in [0.5, 0.6) is 11.5 Å². The quantitative estimate of drug-likeness (QED) is 0.787. The Kier molecular flexibility index (Phi) is 6.41. The summed E-state index contributed by atoms with van der Waals surface area (Å²) in [6.07, 6.45) is 1.11. The average molecular weight is 317 g/mol. The highest BCUT2D eigenvalue weighted by molar-refractivity contribution is 5.43. The summed E-state index contributed by atoms with van der Waals surface area (Å²) in [5.74, 6) is 1.30. The van der Waals surface area contributed by atoms with Crippen molar-refractivity contribution >= 4 is 0 Å². The molecule has 1 atom stereocenters. The van der Waals surface area contributed by atoms with E-state index < -0.39 is 0 Å². The predicted octanol–water partition coefficient (Wildman–Crippen LogP) is 4.30. The largest absolute Gasteiger partial charge is 0.493 e. The fraction of sp³-hybridized carbons (Fsp3) is 0.368. The monoisotopic (exact) mass is 317 g/mol. The number of rotatable bonds is 8. The molecule has 2 rings (SSSR count). The van der Waals surface area contributed by atoms with E-state index in [0.717, 1.165) is 29.0 Å². The van der Waals surface area contributed by atoms with E-state index in [0.29, 0.717) is 13.1 Å². The number of methoxy groups -OCH3 is 1. The molecule has 4 heteroatoms. The molecular formula is C19H24FNO2. The van der Waals surface area contributed by atoms with Gasteiger partial charge in [0.25, 0.3) is 0 Å². The molecule has 0 aliphatic rings. The highest BCUT2D eigenvalue weighted by atomic mass is 19.1. The van der Waals surface area contributed by atoms with Crippen molar-refractivity contribution < 1.29 is 13.9 Å². The molecule has 0 heterocycles. The van der Waals surface area contributed by atoms with E-state index in [-0.39, 0.29) is 11.9 Å². The van der Waals surface area contributed by atoms with Gasteiger partial charge in [-0.05, 0) is 48.7 Å². The second kappa shape index (κ2) is 8.53. The van der Waals surface area contributed by atoms with Gasteiger partial charge in [-0.1, -0.05) is 25.1 Å². The first-order valence-corrected chi connectivity index (χ1v) is 7.91. The smallest absolute Gasteiger partial charge is 0.161 e. The molecule has 124 valence electrons. The maximum absolute atomic E-state index is 12.9. The number of hydrogen-bond acceptors (Lipinski definition) is 3. The summed E-state index contributed by atoms with van der Waals surface area (Å²) in [6.45, 7) is 5.52.